The summed E-state index contributed by atoms with van der Waals surface area (Å²) in [7, 11) is 0. The van der Waals surface area contributed by atoms with E-state index >= 15 is 0 Å². The minimum absolute atomic E-state index is 0.0369. The second kappa shape index (κ2) is 2.97. The van der Waals surface area contributed by atoms with Crippen molar-refractivity contribution in [3.63, 3.8) is 0 Å². The molecule has 0 radical (unpaired) electrons. The van der Waals surface area contributed by atoms with Gasteiger partial charge in [0.15, 0.2) is 0 Å². The van der Waals surface area contributed by atoms with Crippen LogP contribution in [-0.2, 0) is 19.1 Å². The molecule has 1 aliphatic heterocycles. The second-order valence-electron chi connectivity index (χ2n) is 4.89. The Balaban J connectivity index is 1.56. The van der Waals surface area contributed by atoms with E-state index in [1.807, 2.05) is 0 Å². The molecule has 4 heteroatoms. The minimum Gasteiger partial charge on any atom is -0.414 e. The molecule has 1 spiro atoms. The van der Waals surface area contributed by atoms with Crippen LogP contribution in [0.4, 0.5) is 0 Å². The maximum absolute atomic E-state index is 11.6. The fourth-order valence-corrected chi connectivity index (χ4v) is 2.82. The third kappa shape index (κ3) is 1.52. The molecule has 0 aromatic rings. The van der Waals surface area contributed by atoms with E-state index in [0.717, 1.165) is 19.3 Å². The highest BCUT2D eigenvalue weighted by Crippen LogP contribution is 2.61. The monoisotopic (exact) mass is 210 g/mol. The van der Waals surface area contributed by atoms with E-state index in [-0.39, 0.29) is 17.3 Å². The number of carbonyl (C=O) groups excluding carboxylic acids is 2. The average molecular weight is 210 g/mol. The van der Waals surface area contributed by atoms with E-state index in [1.54, 1.807) is 0 Å². The molecule has 0 N–H and O–H groups in total. The van der Waals surface area contributed by atoms with E-state index in [1.165, 1.54) is 19.3 Å². The highest BCUT2D eigenvalue weighted by atomic mass is 16.8. The van der Waals surface area contributed by atoms with E-state index in [9.17, 15) is 9.59 Å². The number of epoxide rings is 1. The smallest absolute Gasteiger partial charge is 0.393 e. The zero-order chi connectivity index (χ0) is 10.5. The van der Waals surface area contributed by atoms with Gasteiger partial charge in [0.05, 0.1) is 5.92 Å². The van der Waals surface area contributed by atoms with Gasteiger partial charge in [0.2, 0.25) is 0 Å². The number of hydrogen-bond acceptors (Lipinski definition) is 4. The van der Waals surface area contributed by atoms with Crippen LogP contribution in [0, 0.1) is 11.3 Å². The lowest BCUT2D eigenvalue weighted by Gasteiger charge is -2.21. The van der Waals surface area contributed by atoms with Crippen LogP contribution in [0.5, 0.6) is 0 Å². The van der Waals surface area contributed by atoms with Gasteiger partial charge >= 0.3 is 18.2 Å². The number of ether oxygens (including phenoxy) is 2. The summed E-state index contributed by atoms with van der Waals surface area (Å²) < 4.78 is 9.37. The van der Waals surface area contributed by atoms with Crippen molar-refractivity contribution in [2.24, 2.45) is 11.3 Å². The van der Waals surface area contributed by atoms with Gasteiger partial charge in [-0.2, -0.15) is 0 Å². The van der Waals surface area contributed by atoms with Gasteiger partial charge in [-0.3, -0.25) is 4.79 Å². The third-order valence-corrected chi connectivity index (χ3v) is 3.91. The summed E-state index contributed by atoms with van der Waals surface area (Å²) in [6.07, 6.45) is 6.10. The van der Waals surface area contributed by atoms with E-state index in [0.29, 0.717) is 0 Å². The molecule has 4 nitrogen and oxygen atoms in total. The zero-order valence-electron chi connectivity index (χ0n) is 8.53. The predicted octanol–water partition coefficient (Wildman–Crippen LogP) is 1.38. The van der Waals surface area contributed by atoms with Crippen LogP contribution in [0.15, 0.2) is 0 Å². The van der Waals surface area contributed by atoms with E-state index < -0.39 is 12.3 Å². The van der Waals surface area contributed by atoms with Crippen LogP contribution in [0.25, 0.3) is 0 Å². The van der Waals surface area contributed by atoms with Crippen LogP contribution >= 0.6 is 0 Å². The Morgan fingerprint density at radius 1 is 1.33 bits per heavy atom. The molecule has 2 aliphatic carbocycles. The van der Waals surface area contributed by atoms with Crippen molar-refractivity contribution < 1.29 is 19.1 Å². The molecule has 2 saturated carbocycles. The van der Waals surface area contributed by atoms with Crippen molar-refractivity contribution in [2.45, 2.75) is 44.8 Å². The first kappa shape index (κ1) is 9.19. The zero-order valence-corrected chi connectivity index (χ0v) is 8.53. The molecule has 3 fully saturated rings. The summed E-state index contributed by atoms with van der Waals surface area (Å²) in [6.45, 7) is 0. The minimum atomic E-state index is -0.876. The van der Waals surface area contributed by atoms with Crippen LogP contribution in [0.2, 0.25) is 0 Å². The molecule has 0 bridgehead atoms. The van der Waals surface area contributed by atoms with Gasteiger partial charge in [-0.05, 0) is 24.7 Å². The molecule has 0 aromatic heterocycles. The largest absolute Gasteiger partial charge is 0.414 e. The molecule has 2 unspecified atom stereocenters. The van der Waals surface area contributed by atoms with Crippen molar-refractivity contribution in [1.29, 1.82) is 0 Å². The van der Waals surface area contributed by atoms with Gasteiger partial charge in [0.25, 0.3) is 0 Å². The maximum atomic E-state index is 11.6. The molecule has 3 aliphatic rings. The summed E-state index contributed by atoms with van der Waals surface area (Å²) >= 11 is 0. The first-order chi connectivity index (χ1) is 7.21. The Morgan fingerprint density at radius 2 is 2.00 bits per heavy atom. The molecule has 1 saturated heterocycles. The lowest BCUT2D eigenvalue weighted by Crippen LogP contribution is -2.17. The number of cyclic esters (lactones) is 1. The van der Waals surface area contributed by atoms with Crippen molar-refractivity contribution in [3.05, 3.63) is 0 Å². The van der Waals surface area contributed by atoms with Crippen molar-refractivity contribution in [1.82, 2.24) is 0 Å². The number of rotatable bonds is 2. The van der Waals surface area contributed by atoms with Crippen molar-refractivity contribution in [2.75, 3.05) is 0 Å². The highest BCUT2D eigenvalue weighted by molar-refractivity contribution is 5.89. The molecule has 2 atom stereocenters. The molecule has 3 rings (SSSR count). The van der Waals surface area contributed by atoms with Crippen LogP contribution in [-0.4, -0.2) is 18.2 Å². The SMILES string of the molecule is O=C1OC1OC(=O)C1CC12CCCCC2. The molecule has 0 aromatic carbocycles. The first-order valence-corrected chi connectivity index (χ1v) is 5.62. The highest BCUT2D eigenvalue weighted by Gasteiger charge is 2.60. The Morgan fingerprint density at radius 3 is 2.60 bits per heavy atom. The number of hydrogen-bond donors (Lipinski definition) is 0. The molecule has 0 amide bonds. The van der Waals surface area contributed by atoms with Crippen molar-refractivity contribution in [3.8, 4) is 0 Å². The van der Waals surface area contributed by atoms with Gasteiger partial charge in [0, 0.05) is 0 Å². The Hall–Kier alpha value is -1.06. The Kier molecular flexibility index (Phi) is 1.82. The molecular formula is C11H14O4. The summed E-state index contributed by atoms with van der Waals surface area (Å²) in [5.74, 6) is -0.607. The number of esters is 1. The Labute approximate surface area is 87.9 Å². The van der Waals surface area contributed by atoms with Gasteiger partial charge in [-0.25, -0.2) is 4.79 Å². The van der Waals surface area contributed by atoms with Gasteiger partial charge in [-0.1, -0.05) is 19.3 Å². The van der Waals surface area contributed by atoms with Gasteiger partial charge < -0.3 is 9.47 Å². The van der Waals surface area contributed by atoms with Crippen LogP contribution in [0.3, 0.4) is 0 Å². The fourth-order valence-electron chi connectivity index (χ4n) is 2.82. The average Bonchev–Trinajstić information content (AvgIpc) is 3.09. The summed E-state index contributed by atoms with van der Waals surface area (Å²) in [5.41, 5.74) is 0.229. The van der Waals surface area contributed by atoms with Crippen LogP contribution < -0.4 is 0 Å². The summed E-state index contributed by atoms with van der Waals surface area (Å²) in [6, 6.07) is 0. The quantitative estimate of drug-likeness (QED) is 0.510. The third-order valence-electron chi connectivity index (χ3n) is 3.91. The maximum Gasteiger partial charge on any atom is 0.393 e. The van der Waals surface area contributed by atoms with E-state index in [4.69, 9.17) is 4.74 Å². The lowest BCUT2D eigenvalue weighted by molar-refractivity contribution is -0.151. The summed E-state index contributed by atoms with van der Waals surface area (Å²) in [4.78, 5) is 22.2. The molecular weight excluding hydrogens is 196 g/mol. The second-order valence-corrected chi connectivity index (χ2v) is 4.89. The normalized spacial score (nSPS) is 35.9. The topological polar surface area (TPSA) is 55.9 Å². The fraction of sp³-hybridized carbons (Fsp3) is 0.818. The lowest BCUT2D eigenvalue weighted by atomic mass is 9.84. The molecule has 15 heavy (non-hydrogen) atoms. The standard InChI is InChI=1S/C11H14O4/c12-8(14-10-9(13)15-10)7-6-11(7)4-2-1-3-5-11/h7,10H,1-6H2. The molecule has 1 heterocycles. The first-order valence-electron chi connectivity index (χ1n) is 5.62. The van der Waals surface area contributed by atoms with Gasteiger partial charge in [-0.15, -0.1) is 0 Å². The van der Waals surface area contributed by atoms with Crippen molar-refractivity contribution >= 4 is 11.9 Å². The van der Waals surface area contributed by atoms with E-state index in [2.05, 4.69) is 4.74 Å². The predicted molar refractivity (Wildman–Crippen MR) is 49.6 cm³/mol. The summed E-state index contributed by atoms with van der Waals surface area (Å²) in [5, 5.41) is 0. The Bertz CT molecular complexity index is 317. The van der Waals surface area contributed by atoms with Crippen LogP contribution in [0.1, 0.15) is 38.5 Å². The van der Waals surface area contributed by atoms with Gasteiger partial charge in [0.1, 0.15) is 0 Å². The number of carbonyl (C=O) groups is 2. The molecule has 82 valence electrons.